The van der Waals surface area contributed by atoms with E-state index in [0.717, 1.165) is 4.90 Å². The number of ether oxygens (including phenoxy) is 2. The molecule has 1 aliphatic heterocycles. The van der Waals surface area contributed by atoms with Crippen molar-refractivity contribution in [2.75, 3.05) is 65.6 Å². The van der Waals surface area contributed by atoms with Crippen molar-refractivity contribution >= 4 is 29.8 Å². The van der Waals surface area contributed by atoms with E-state index in [2.05, 4.69) is 0 Å². The number of aliphatic carboxylic acids is 5. The third-order valence-corrected chi connectivity index (χ3v) is 5.70. The van der Waals surface area contributed by atoms with Gasteiger partial charge in [-0.3, -0.25) is 38.7 Å². The molecule has 1 aliphatic rings. The Kier molecular flexibility index (Phi) is 12.6. The zero-order valence-corrected chi connectivity index (χ0v) is 21.2. The van der Waals surface area contributed by atoms with Crippen LogP contribution in [0.5, 0.6) is 5.75 Å². The summed E-state index contributed by atoms with van der Waals surface area (Å²) in [5.41, 5.74) is 0.712. The van der Waals surface area contributed by atoms with E-state index in [1.165, 1.54) is 9.80 Å². The molecule has 0 amide bonds. The first-order valence-electron chi connectivity index (χ1n) is 12.0. The second-order valence-corrected chi connectivity index (χ2v) is 9.09. The van der Waals surface area contributed by atoms with Crippen LogP contribution in [0.3, 0.4) is 0 Å². The van der Waals surface area contributed by atoms with Crippen molar-refractivity contribution in [1.82, 2.24) is 14.7 Å². The third kappa shape index (κ3) is 13.5. The molecule has 2 unspecified atom stereocenters. The molecule has 0 radical (unpaired) electrons. The molecule has 0 aromatic heterocycles. The lowest BCUT2D eigenvalue weighted by molar-refractivity contribution is -0.144. The van der Waals surface area contributed by atoms with Crippen LogP contribution in [0.2, 0.25) is 0 Å². The summed E-state index contributed by atoms with van der Waals surface area (Å²) in [6, 6.07) is 6.11. The van der Waals surface area contributed by atoms with Crippen LogP contribution in [-0.2, 0) is 35.1 Å². The van der Waals surface area contributed by atoms with Crippen LogP contribution in [-0.4, -0.2) is 148 Å². The smallest absolute Gasteiger partial charge is 0.317 e. The molecular weight excluding hydrogens is 522 g/mol. The zero-order valence-electron chi connectivity index (χ0n) is 21.2. The molecular formula is C24H33N3O12. The van der Waals surface area contributed by atoms with E-state index in [1.807, 2.05) is 0 Å². The lowest BCUT2D eigenvalue weighted by Gasteiger charge is -2.34. The average molecular weight is 556 g/mol. The van der Waals surface area contributed by atoms with Crippen molar-refractivity contribution in [3.8, 4) is 5.75 Å². The minimum atomic E-state index is -1.27. The molecule has 0 saturated carbocycles. The second-order valence-electron chi connectivity index (χ2n) is 9.09. The third-order valence-electron chi connectivity index (χ3n) is 5.70. The number of carbonyl (C=O) groups is 5. The predicted molar refractivity (Wildman–Crippen MR) is 132 cm³/mol. The number of epoxide rings is 1. The molecule has 1 heterocycles. The highest BCUT2D eigenvalue weighted by Gasteiger charge is 2.27. The van der Waals surface area contributed by atoms with Crippen molar-refractivity contribution < 1.29 is 59.0 Å². The van der Waals surface area contributed by atoms with E-state index in [1.54, 1.807) is 24.3 Å². The molecule has 39 heavy (non-hydrogen) atoms. The first-order valence-corrected chi connectivity index (χ1v) is 12.0. The van der Waals surface area contributed by atoms with Gasteiger partial charge in [-0.05, 0) is 24.1 Å². The molecule has 0 bridgehead atoms. The second kappa shape index (κ2) is 15.6. The van der Waals surface area contributed by atoms with Gasteiger partial charge in [-0.2, -0.15) is 0 Å². The molecule has 15 heteroatoms. The Balaban J connectivity index is 2.23. The molecule has 0 spiro atoms. The Hall–Kier alpha value is -3.79. The number of carboxylic acids is 5. The molecule has 1 aromatic carbocycles. The normalized spacial score (nSPS) is 15.3. The minimum absolute atomic E-state index is 0.0621. The first kappa shape index (κ1) is 31.4. The fraction of sp³-hybridized carbons (Fsp3) is 0.542. The molecule has 0 aliphatic carbocycles. The maximum Gasteiger partial charge on any atom is 0.317 e. The largest absolute Gasteiger partial charge is 0.491 e. The SMILES string of the molecule is O=C(O)CN(CCN(CC(=O)O)CC(Cc1ccc(OCC2CO2)cc1)N(CC(=O)O)CC(=O)O)CC(=O)O. The van der Waals surface area contributed by atoms with Gasteiger partial charge in [0.2, 0.25) is 0 Å². The highest BCUT2D eigenvalue weighted by Crippen LogP contribution is 2.18. The van der Waals surface area contributed by atoms with Gasteiger partial charge in [0.15, 0.2) is 0 Å². The zero-order chi connectivity index (χ0) is 28.9. The van der Waals surface area contributed by atoms with Crippen LogP contribution in [0.4, 0.5) is 0 Å². The van der Waals surface area contributed by atoms with Crippen LogP contribution in [0.1, 0.15) is 5.56 Å². The molecule has 1 aromatic rings. The monoisotopic (exact) mass is 555 g/mol. The van der Waals surface area contributed by atoms with E-state index in [-0.39, 0.29) is 32.2 Å². The van der Waals surface area contributed by atoms with Gasteiger partial charge in [0.1, 0.15) is 18.5 Å². The van der Waals surface area contributed by atoms with Crippen molar-refractivity contribution in [2.45, 2.75) is 18.6 Å². The summed E-state index contributed by atoms with van der Waals surface area (Å²) in [5.74, 6) is -5.70. The topological polar surface area (TPSA) is 218 Å². The summed E-state index contributed by atoms with van der Waals surface area (Å²) in [4.78, 5) is 60.6. The number of hydrogen-bond donors (Lipinski definition) is 5. The Morgan fingerprint density at radius 1 is 0.769 bits per heavy atom. The number of rotatable bonds is 21. The van der Waals surface area contributed by atoms with Gasteiger partial charge in [0.05, 0.1) is 39.3 Å². The molecule has 2 rings (SSSR count). The average Bonchev–Trinajstić information content (AvgIpc) is 3.64. The lowest BCUT2D eigenvalue weighted by Crippen LogP contribution is -2.51. The fourth-order valence-electron chi connectivity index (χ4n) is 3.92. The Morgan fingerprint density at radius 2 is 1.23 bits per heavy atom. The summed E-state index contributed by atoms with van der Waals surface area (Å²) >= 11 is 0. The summed E-state index contributed by atoms with van der Waals surface area (Å²) in [6.45, 7) is -2.13. The number of nitrogens with zero attached hydrogens (tertiary/aromatic N) is 3. The quantitative estimate of drug-likeness (QED) is 0.111. The van der Waals surface area contributed by atoms with E-state index in [0.29, 0.717) is 24.5 Å². The van der Waals surface area contributed by atoms with Crippen molar-refractivity contribution in [1.29, 1.82) is 0 Å². The summed E-state index contributed by atoms with van der Waals surface area (Å²) < 4.78 is 10.7. The van der Waals surface area contributed by atoms with Gasteiger partial charge in [-0.1, -0.05) is 12.1 Å². The number of carboxylic acid groups (broad SMARTS) is 5. The van der Waals surface area contributed by atoms with E-state index in [9.17, 15) is 39.3 Å². The summed E-state index contributed by atoms with van der Waals surface area (Å²) in [6.07, 6.45) is 0.230. The van der Waals surface area contributed by atoms with E-state index < -0.39 is 68.6 Å². The Labute approximate surface area is 223 Å². The van der Waals surface area contributed by atoms with Crippen molar-refractivity contribution in [3.05, 3.63) is 29.8 Å². The van der Waals surface area contributed by atoms with Crippen LogP contribution >= 0.6 is 0 Å². The molecule has 1 fully saturated rings. The summed E-state index contributed by atoms with van der Waals surface area (Å²) in [5, 5.41) is 46.3. The van der Waals surface area contributed by atoms with Gasteiger partial charge in [-0.15, -0.1) is 0 Å². The predicted octanol–water partition coefficient (Wildman–Crippen LogP) is -1.30. The van der Waals surface area contributed by atoms with Gasteiger partial charge in [-0.25, -0.2) is 0 Å². The van der Waals surface area contributed by atoms with Gasteiger partial charge in [0.25, 0.3) is 0 Å². The standard InChI is InChI=1S/C24H33N3O12/c28-20(29)9-25(5-6-26(10-21(30)31)11-22(32)33)8-17(27(12-23(34)35)13-24(36)37)7-16-1-3-18(4-2-16)38-14-19-15-39-19/h1-4,17,19H,5-15H2,(H,28,29)(H,30,31)(H,32,33)(H,34,35)(H,36,37). The van der Waals surface area contributed by atoms with Gasteiger partial charge >= 0.3 is 29.8 Å². The van der Waals surface area contributed by atoms with Crippen LogP contribution in [0.25, 0.3) is 0 Å². The van der Waals surface area contributed by atoms with Crippen LogP contribution in [0, 0.1) is 0 Å². The van der Waals surface area contributed by atoms with Crippen LogP contribution < -0.4 is 4.74 Å². The Morgan fingerprint density at radius 3 is 1.69 bits per heavy atom. The molecule has 216 valence electrons. The van der Waals surface area contributed by atoms with Crippen molar-refractivity contribution in [2.24, 2.45) is 0 Å². The van der Waals surface area contributed by atoms with Gasteiger partial charge < -0.3 is 35.0 Å². The number of hydrogen-bond acceptors (Lipinski definition) is 10. The Bertz CT molecular complexity index is 967. The maximum absolute atomic E-state index is 11.6. The van der Waals surface area contributed by atoms with Crippen LogP contribution in [0.15, 0.2) is 24.3 Å². The highest BCUT2D eigenvalue weighted by molar-refractivity contribution is 5.73. The molecule has 5 N–H and O–H groups in total. The minimum Gasteiger partial charge on any atom is -0.491 e. The molecule has 15 nitrogen and oxygen atoms in total. The summed E-state index contributed by atoms with van der Waals surface area (Å²) in [7, 11) is 0. The maximum atomic E-state index is 11.6. The molecule has 1 saturated heterocycles. The van der Waals surface area contributed by atoms with E-state index >= 15 is 0 Å². The number of benzene rings is 1. The first-order chi connectivity index (χ1) is 18.4. The molecule has 2 atom stereocenters. The van der Waals surface area contributed by atoms with Crippen molar-refractivity contribution in [3.63, 3.8) is 0 Å². The lowest BCUT2D eigenvalue weighted by atomic mass is 10.0. The fourth-order valence-corrected chi connectivity index (χ4v) is 3.92. The van der Waals surface area contributed by atoms with E-state index in [4.69, 9.17) is 19.7 Å². The highest BCUT2D eigenvalue weighted by atomic mass is 16.6. The van der Waals surface area contributed by atoms with Gasteiger partial charge in [0, 0.05) is 25.7 Å².